The minimum atomic E-state index is -0.730. The van der Waals surface area contributed by atoms with E-state index in [2.05, 4.69) is 25.6 Å². The number of hydrogen-bond donors (Lipinski definition) is 1. The largest absolute Gasteiger partial charge is 0.502 e. The summed E-state index contributed by atoms with van der Waals surface area (Å²) in [5.41, 5.74) is 9.26. The van der Waals surface area contributed by atoms with Crippen LogP contribution >= 0.6 is 0 Å². The highest BCUT2D eigenvalue weighted by molar-refractivity contribution is 6.01. The fourth-order valence-electron chi connectivity index (χ4n) is 3.60. The second kappa shape index (κ2) is 9.48. The number of carbonyl (C=O) groups is 2. The van der Waals surface area contributed by atoms with Crippen molar-refractivity contribution in [3.8, 4) is 5.75 Å². The highest BCUT2D eigenvalue weighted by atomic mass is 16.5. The standard InChI is InChI=1S/C24H28N2O4/c1-4-17-9-11-18(12-10-17)15-30-22-7-5-6-19-20(22)14-26(24(19)28)21(23(25)27)13-8-16(2)29-3/h5-7,9-12,21H,2,4,8,13-15H2,1,3H3,(H2,25,27). The van der Waals surface area contributed by atoms with Crippen molar-refractivity contribution >= 4 is 11.8 Å². The minimum Gasteiger partial charge on any atom is -0.502 e. The third kappa shape index (κ3) is 4.64. The Morgan fingerprint density at radius 2 is 1.90 bits per heavy atom. The van der Waals surface area contributed by atoms with Crippen LogP contribution in [0.2, 0.25) is 0 Å². The zero-order valence-corrected chi connectivity index (χ0v) is 17.5. The van der Waals surface area contributed by atoms with E-state index in [9.17, 15) is 9.59 Å². The quantitative estimate of drug-likeness (QED) is 0.609. The Labute approximate surface area is 177 Å². The molecule has 1 aliphatic rings. The Balaban J connectivity index is 1.75. The number of fused-ring (bicyclic) bond motifs is 1. The summed E-state index contributed by atoms with van der Waals surface area (Å²) in [4.78, 5) is 26.5. The molecule has 0 bridgehead atoms. The van der Waals surface area contributed by atoms with Crippen LogP contribution in [0.3, 0.4) is 0 Å². The fourth-order valence-corrected chi connectivity index (χ4v) is 3.60. The van der Waals surface area contributed by atoms with Crippen LogP contribution in [-0.2, 0) is 29.1 Å². The van der Waals surface area contributed by atoms with Gasteiger partial charge in [0.15, 0.2) is 0 Å². The monoisotopic (exact) mass is 408 g/mol. The number of rotatable bonds is 10. The Bertz CT molecular complexity index is 937. The second-order valence-electron chi connectivity index (χ2n) is 7.37. The lowest BCUT2D eigenvalue weighted by Crippen LogP contribution is -2.44. The Hall–Kier alpha value is -3.28. The van der Waals surface area contributed by atoms with Crippen molar-refractivity contribution in [2.75, 3.05) is 7.11 Å². The topological polar surface area (TPSA) is 81.9 Å². The summed E-state index contributed by atoms with van der Waals surface area (Å²) in [6.45, 7) is 6.58. The molecule has 30 heavy (non-hydrogen) atoms. The van der Waals surface area contributed by atoms with E-state index in [0.29, 0.717) is 36.5 Å². The average molecular weight is 408 g/mol. The minimum absolute atomic E-state index is 0.213. The van der Waals surface area contributed by atoms with Gasteiger partial charge in [0, 0.05) is 17.5 Å². The molecule has 2 aromatic carbocycles. The maximum Gasteiger partial charge on any atom is 0.255 e. The first-order chi connectivity index (χ1) is 14.4. The van der Waals surface area contributed by atoms with Crippen molar-refractivity contribution < 1.29 is 19.1 Å². The number of benzene rings is 2. The first kappa shape index (κ1) is 21.4. The van der Waals surface area contributed by atoms with Crippen LogP contribution in [0.4, 0.5) is 0 Å². The van der Waals surface area contributed by atoms with Gasteiger partial charge in [0.2, 0.25) is 5.91 Å². The molecule has 2 N–H and O–H groups in total. The van der Waals surface area contributed by atoms with Gasteiger partial charge in [-0.1, -0.05) is 43.8 Å². The smallest absolute Gasteiger partial charge is 0.255 e. The molecule has 158 valence electrons. The molecular formula is C24H28N2O4. The van der Waals surface area contributed by atoms with E-state index in [1.807, 2.05) is 18.2 Å². The number of allylic oxidation sites excluding steroid dienone is 1. The molecule has 1 atom stereocenters. The highest BCUT2D eigenvalue weighted by Gasteiger charge is 2.36. The fraction of sp³-hybridized carbons (Fsp3) is 0.333. The summed E-state index contributed by atoms with van der Waals surface area (Å²) in [6.07, 6.45) is 1.80. The van der Waals surface area contributed by atoms with E-state index >= 15 is 0 Å². The van der Waals surface area contributed by atoms with Gasteiger partial charge in [-0.25, -0.2) is 0 Å². The van der Waals surface area contributed by atoms with E-state index in [1.165, 1.54) is 17.6 Å². The molecule has 1 heterocycles. The molecule has 0 saturated heterocycles. The molecule has 2 aromatic rings. The van der Waals surface area contributed by atoms with E-state index in [-0.39, 0.29) is 12.5 Å². The van der Waals surface area contributed by atoms with E-state index in [1.54, 1.807) is 12.1 Å². The number of primary amides is 1. The zero-order chi connectivity index (χ0) is 21.7. The van der Waals surface area contributed by atoms with Gasteiger partial charge >= 0.3 is 0 Å². The predicted molar refractivity (Wildman–Crippen MR) is 115 cm³/mol. The molecule has 0 aromatic heterocycles. The van der Waals surface area contributed by atoms with E-state index in [4.69, 9.17) is 15.2 Å². The van der Waals surface area contributed by atoms with Gasteiger partial charge in [0.05, 0.1) is 19.4 Å². The normalized spacial score (nSPS) is 13.7. The van der Waals surface area contributed by atoms with Crippen molar-refractivity contribution in [3.05, 3.63) is 77.1 Å². The van der Waals surface area contributed by atoms with Crippen LogP contribution in [0.25, 0.3) is 0 Å². The molecule has 2 amide bonds. The van der Waals surface area contributed by atoms with Gasteiger partial charge < -0.3 is 20.1 Å². The lowest BCUT2D eigenvalue weighted by Gasteiger charge is -2.25. The van der Waals surface area contributed by atoms with Crippen molar-refractivity contribution in [1.82, 2.24) is 4.90 Å². The molecular weight excluding hydrogens is 380 g/mol. The highest BCUT2D eigenvalue weighted by Crippen LogP contribution is 2.33. The maximum absolute atomic E-state index is 13.0. The van der Waals surface area contributed by atoms with Crippen LogP contribution < -0.4 is 10.5 Å². The van der Waals surface area contributed by atoms with Crippen LogP contribution in [0.15, 0.2) is 54.8 Å². The van der Waals surface area contributed by atoms with Gasteiger partial charge in [0.1, 0.15) is 18.4 Å². The average Bonchev–Trinajstić information content (AvgIpc) is 3.09. The number of methoxy groups -OCH3 is 1. The Morgan fingerprint density at radius 3 is 2.53 bits per heavy atom. The predicted octanol–water partition coefficient (Wildman–Crippen LogP) is 3.58. The number of carbonyl (C=O) groups excluding carboxylic acids is 2. The number of ether oxygens (including phenoxy) is 2. The van der Waals surface area contributed by atoms with E-state index in [0.717, 1.165) is 17.5 Å². The summed E-state index contributed by atoms with van der Waals surface area (Å²) in [6, 6.07) is 12.9. The number of nitrogens with two attached hydrogens (primary N) is 1. The van der Waals surface area contributed by atoms with Crippen molar-refractivity contribution in [2.45, 2.75) is 45.4 Å². The van der Waals surface area contributed by atoms with Gasteiger partial charge in [0.25, 0.3) is 5.91 Å². The summed E-state index contributed by atoms with van der Waals surface area (Å²) >= 11 is 0. The Morgan fingerprint density at radius 1 is 1.20 bits per heavy atom. The van der Waals surface area contributed by atoms with Gasteiger partial charge in [-0.15, -0.1) is 0 Å². The molecule has 6 nitrogen and oxygen atoms in total. The Kier molecular flexibility index (Phi) is 6.77. The van der Waals surface area contributed by atoms with Gasteiger partial charge in [-0.3, -0.25) is 9.59 Å². The maximum atomic E-state index is 13.0. The number of nitrogens with zero attached hydrogens (tertiary/aromatic N) is 1. The third-order valence-corrected chi connectivity index (χ3v) is 5.47. The number of aryl methyl sites for hydroxylation is 1. The summed E-state index contributed by atoms with van der Waals surface area (Å²) in [5, 5.41) is 0. The molecule has 0 aliphatic carbocycles. The molecule has 0 saturated carbocycles. The molecule has 3 rings (SSSR count). The lowest BCUT2D eigenvalue weighted by atomic mass is 10.1. The summed E-state index contributed by atoms with van der Waals surface area (Å²) < 4.78 is 11.1. The van der Waals surface area contributed by atoms with Crippen molar-refractivity contribution in [1.29, 1.82) is 0 Å². The van der Waals surface area contributed by atoms with Crippen LogP contribution in [0.1, 0.15) is 46.8 Å². The second-order valence-corrected chi connectivity index (χ2v) is 7.37. The van der Waals surface area contributed by atoms with Crippen molar-refractivity contribution in [2.24, 2.45) is 5.73 Å². The molecule has 1 aliphatic heterocycles. The lowest BCUT2D eigenvalue weighted by molar-refractivity contribution is -0.122. The first-order valence-electron chi connectivity index (χ1n) is 10.1. The summed E-state index contributed by atoms with van der Waals surface area (Å²) in [5.74, 6) is 0.434. The third-order valence-electron chi connectivity index (χ3n) is 5.47. The molecule has 6 heteroatoms. The SMILES string of the molecule is C=C(CCC(C(N)=O)N1Cc2c(OCc3ccc(CC)cc3)cccc2C1=O)OC. The molecule has 0 spiro atoms. The van der Waals surface area contributed by atoms with Gasteiger partial charge in [-0.2, -0.15) is 0 Å². The number of amides is 2. The van der Waals surface area contributed by atoms with Crippen molar-refractivity contribution in [3.63, 3.8) is 0 Å². The molecule has 1 unspecified atom stereocenters. The molecule has 0 radical (unpaired) electrons. The first-order valence-corrected chi connectivity index (χ1v) is 10.1. The zero-order valence-electron chi connectivity index (χ0n) is 17.5. The van der Waals surface area contributed by atoms with Gasteiger partial charge in [-0.05, 0) is 36.1 Å². The van der Waals surface area contributed by atoms with E-state index < -0.39 is 11.9 Å². The van der Waals surface area contributed by atoms with Crippen LogP contribution in [0.5, 0.6) is 5.75 Å². The molecule has 0 fully saturated rings. The summed E-state index contributed by atoms with van der Waals surface area (Å²) in [7, 11) is 1.53. The van der Waals surface area contributed by atoms with Crippen LogP contribution in [0, 0.1) is 0 Å². The number of hydrogen-bond acceptors (Lipinski definition) is 4. The van der Waals surface area contributed by atoms with Crippen LogP contribution in [-0.4, -0.2) is 29.9 Å².